The molecule has 2 atom stereocenters. The number of thiazole rings is 1. The van der Waals surface area contributed by atoms with Gasteiger partial charge in [0.05, 0.1) is 11.4 Å². The lowest BCUT2D eigenvalue weighted by atomic mass is 10.0. The van der Waals surface area contributed by atoms with Crippen molar-refractivity contribution < 1.29 is 24.7 Å². The van der Waals surface area contributed by atoms with E-state index >= 15 is 0 Å². The molecule has 1 fully saturated rings. The summed E-state index contributed by atoms with van der Waals surface area (Å²) < 4.78 is 0.0137. The van der Waals surface area contributed by atoms with E-state index < -0.39 is 40.6 Å². The number of aliphatic carboxylic acids is 1. The minimum atomic E-state index is -1.35. The molecule has 0 bridgehead atoms. The van der Waals surface area contributed by atoms with Crippen LogP contribution in [0.25, 0.3) is 0 Å². The van der Waals surface area contributed by atoms with Gasteiger partial charge in [-0.1, -0.05) is 28.1 Å². The van der Waals surface area contributed by atoms with Gasteiger partial charge in [0.1, 0.15) is 27.1 Å². The zero-order valence-corrected chi connectivity index (χ0v) is 20.9. The number of carbonyl (C=O) groups excluding carboxylic acids is 2. The minimum absolute atomic E-state index is 0.0137. The van der Waals surface area contributed by atoms with Gasteiger partial charge in [-0.15, -0.1) is 23.5 Å². The van der Waals surface area contributed by atoms with Gasteiger partial charge in [-0.2, -0.15) is 4.98 Å². The number of carbonyl (C=O) groups is 3. The number of rotatable bonds is 7. The Kier molecular flexibility index (Phi) is 7.03. The molecular formula is C17H16ClN9O6S3. The highest BCUT2D eigenvalue weighted by molar-refractivity contribution is 8.05. The number of thioether (sulfide) groups is 2. The molecule has 2 aromatic rings. The quantitative estimate of drug-likeness (QED) is 0.0948. The maximum absolute atomic E-state index is 12.9. The van der Waals surface area contributed by atoms with Crippen molar-refractivity contribution >= 4 is 86.6 Å². The summed E-state index contributed by atoms with van der Waals surface area (Å²) in [5.74, 6) is -2.87. The number of amides is 2. The second kappa shape index (κ2) is 9.88. The number of nitrogen functional groups attached to an aromatic ring is 3. The van der Waals surface area contributed by atoms with Crippen LogP contribution in [0.1, 0.15) is 11.4 Å². The van der Waals surface area contributed by atoms with E-state index in [-0.39, 0.29) is 49.6 Å². The van der Waals surface area contributed by atoms with Crippen molar-refractivity contribution in [2.75, 3.05) is 23.0 Å². The summed E-state index contributed by atoms with van der Waals surface area (Å²) in [6.45, 7) is 0. The minimum Gasteiger partial charge on any atom is -0.477 e. The van der Waals surface area contributed by atoms with Crippen LogP contribution >= 0.6 is 46.5 Å². The van der Waals surface area contributed by atoms with Gasteiger partial charge < -0.3 is 37.8 Å². The smallest absolute Gasteiger partial charge is 0.353 e. The monoisotopic (exact) mass is 573 g/mol. The van der Waals surface area contributed by atoms with Crippen molar-refractivity contribution in [2.45, 2.75) is 17.2 Å². The van der Waals surface area contributed by atoms with Crippen LogP contribution in [0.15, 0.2) is 20.6 Å². The number of anilines is 3. The molecule has 4 heterocycles. The molecule has 0 saturated carbocycles. The average molecular weight is 574 g/mol. The van der Waals surface area contributed by atoms with Gasteiger partial charge >= 0.3 is 11.7 Å². The first-order valence-corrected chi connectivity index (χ1v) is 12.9. The Hall–Kier alpha value is -3.48. The molecule has 2 amide bonds. The van der Waals surface area contributed by atoms with Crippen molar-refractivity contribution in [1.29, 1.82) is 0 Å². The maximum Gasteiger partial charge on any atom is 0.353 e. The number of nitrogens with one attached hydrogen (secondary N) is 2. The standard InChI is InChI=1S/C17H16ClN9O6S3/c18-10-6(24-16(21)36-10)7(26-33)12(28)23-8-13(29)27-9(15(30)31)4(2-35-14(8)27)34-1-3-5(19)11(20)25-17(32)22-3/h8,14,33H,1-2,19H2,(H2,21,24)(H,23,28)(H,30,31)(H3,20,22,25,32)/b26-7+/t8?,14-/m1/s1. The number of aromatic nitrogens is 3. The number of nitrogens with two attached hydrogens (primary N) is 3. The number of carboxylic acids is 1. The molecule has 190 valence electrons. The first-order chi connectivity index (χ1) is 17.0. The summed E-state index contributed by atoms with van der Waals surface area (Å²) in [7, 11) is 0. The van der Waals surface area contributed by atoms with Gasteiger partial charge in [0, 0.05) is 16.4 Å². The first kappa shape index (κ1) is 25.6. The van der Waals surface area contributed by atoms with Gasteiger partial charge in [-0.3, -0.25) is 14.5 Å². The molecule has 36 heavy (non-hydrogen) atoms. The summed E-state index contributed by atoms with van der Waals surface area (Å²) in [5, 5.41) is 23.8. The molecule has 0 aliphatic carbocycles. The predicted octanol–water partition coefficient (Wildman–Crippen LogP) is -0.566. The van der Waals surface area contributed by atoms with Crippen LogP contribution in [0.3, 0.4) is 0 Å². The molecule has 1 unspecified atom stereocenters. The molecular weight excluding hydrogens is 558 g/mol. The Bertz CT molecular complexity index is 1410. The first-order valence-electron chi connectivity index (χ1n) is 9.66. The van der Waals surface area contributed by atoms with Crippen LogP contribution in [0.4, 0.5) is 16.6 Å². The van der Waals surface area contributed by atoms with Crippen LogP contribution in [0, 0.1) is 0 Å². The van der Waals surface area contributed by atoms with Crippen molar-refractivity contribution in [3.8, 4) is 0 Å². The number of fused-ring (bicyclic) bond motifs is 1. The van der Waals surface area contributed by atoms with Gasteiger partial charge in [-0.25, -0.2) is 14.6 Å². The maximum atomic E-state index is 12.9. The molecule has 4 rings (SSSR count). The molecule has 0 radical (unpaired) electrons. The largest absolute Gasteiger partial charge is 0.477 e. The van der Waals surface area contributed by atoms with Gasteiger partial charge in [0.2, 0.25) is 0 Å². The number of carboxylic acid groups (broad SMARTS) is 1. The third-order valence-corrected chi connectivity index (χ3v) is 8.70. The summed E-state index contributed by atoms with van der Waals surface area (Å²) in [6, 6.07) is -1.10. The third kappa shape index (κ3) is 4.54. The lowest BCUT2D eigenvalue weighted by Crippen LogP contribution is -2.71. The number of β-lactam (4-membered cyclic amide) rings is 1. The molecule has 1 saturated heterocycles. The average Bonchev–Trinajstić information content (AvgIpc) is 3.15. The van der Waals surface area contributed by atoms with Crippen molar-refractivity contribution in [1.82, 2.24) is 25.2 Å². The fourth-order valence-corrected chi connectivity index (χ4v) is 6.92. The van der Waals surface area contributed by atoms with Gasteiger partial charge in [0.15, 0.2) is 16.7 Å². The molecule has 2 aliphatic heterocycles. The zero-order valence-electron chi connectivity index (χ0n) is 17.7. The predicted molar refractivity (Wildman–Crippen MR) is 135 cm³/mol. The fraction of sp³-hybridized carbons (Fsp3) is 0.235. The number of H-pyrrole nitrogens is 1. The lowest BCUT2D eigenvalue weighted by molar-refractivity contribution is -0.150. The lowest BCUT2D eigenvalue weighted by Gasteiger charge is -2.49. The van der Waals surface area contributed by atoms with E-state index in [1.807, 2.05) is 0 Å². The summed E-state index contributed by atoms with van der Waals surface area (Å²) in [4.78, 5) is 60.4. The highest BCUT2D eigenvalue weighted by Crippen LogP contribution is 2.44. The molecule has 2 aromatic heterocycles. The van der Waals surface area contributed by atoms with Crippen LogP contribution in [-0.4, -0.2) is 70.8 Å². The molecule has 19 heteroatoms. The topological polar surface area (TPSA) is 256 Å². The number of aromatic amines is 1. The number of oxime groups is 1. The van der Waals surface area contributed by atoms with E-state index in [0.717, 1.165) is 28.0 Å². The number of halogens is 1. The van der Waals surface area contributed by atoms with E-state index in [2.05, 4.69) is 25.4 Å². The highest BCUT2D eigenvalue weighted by Gasteiger charge is 2.54. The molecule has 0 spiro atoms. The fourth-order valence-electron chi connectivity index (χ4n) is 3.40. The van der Waals surface area contributed by atoms with Crippen LogP contribution in [0.5, 0.6) is 0 Å². The summed E-state index contributed by atoms with van der Waals surface area (Å²) in [6.07, 6.45) is 0. The number of hydrogen-bond acceptors (Lipinski definition) is 14. The summed E-state index contributed by atoms with van der Waals surface area (Å²) in [5.41, 5.74) is 15.7. The SMILES string of the molecule is Nc1nc(/C(=N\O)C(=O)NC2C(=O)N3C(C(=O)O)=C(SCc4[nH]c(=O)nc(N)c4N)CS[C@H]23)c(Cl)s1. The van der Waals surface area contributed by atoms with Gasteiger partial charge in [0.25, 0.3) is 11.8 Å². The van der Waals surface area contributed by atoms with Crippen molar-refractivity contribution in [3.63, 3.8) is 0 Å². The number of hydrogen-bond donors (Lipinski definition) is 7. The van der Waals surface area contributed by atoms with Gasteiger partial charge in [-0.05, 0) is 0 Å². The van der Waals surface area contributed by atoms with Crippen molar-refractivity contribution in [3.05, 3.63) is 36.8 Å². The normalized spacial score (nSPS) is 19.6. The Morgan fingerprint density at radius 3 is 2.64 bits per heavy atom. The second-order valence-corrected chi connectivity index (χ2v) is 11.0. The molecule has 10 N–H and O–H groups in total. The second-order valence-electron chi connectivity index (χ2n) is 7.17. The molecule has 2 aliphatic rings. The summed E-state index contributed by atoms with van der Waals surface area (Å²) >= 11 is 9.11. The van der Waals surface area contributed by atoms with Crippen molar-refractivity contribution in [2.24, 2.45) is 5.16 Å². The Labute approximate surface area is 218 Å². The Balaban J connectivity index is 1.51. The van der Waals surface area contributed by atoms with Crippen LogP contribution in [0.2, 0.25) is 4.34 Å². The van der Waals surface area contributed by atoms with E-state index in [1.54, 1.807) is 0 Å². The van der Waals surface area contributed by atoms with E-state index in [0.29, 0.717) is 4.91 Å². The van der Waals surface area contributed by atoms with E-state index in [4.69, 9.17) is 28.8 Å². The highest BCUT2D eigenvalue weighted by atomic mass is 35.5. The Morgan fingerprint density at radius 2 is 2.03 bits per heavy atom. The molecule has 0 aromatic carbocycles. The molecule has 15 nitrogen and oxygen atoms in total. The number of nitrogens with zero attached hydrogens (tertiary/aromatic N) is 4. The zero-order chi connectivity index (χ0) is 26.3. The Morgan fingerprint density at radius 1 is 1.31 bits per heavy atom. The van der Waals surface area contributed by atoms with E-state index in [1.165, 1.54) is 11.8 Å². The third-order valence-electron chi connectivity index (χ3n) is 5.04. The van der Waals surface area contributed by atoms with Crippen LogP contribution < -0.4 is 28.2 Å². The van der Waals surface area contributed by atoms with E-state index in [9.17, 15) is 29.5 Å². The van der Waals surface area contributed by atoms with Crippen LogP contribution in [-0.2, 0) is 20.1 Å².